The van der Waals surface area contributed by atoms with Gasteiger partial charge in [0.1, 0.15) is 0 Å². The van der Waals surface area contributed by atoms with Gasteiger partial charge in [0.2, 0.25) is 0 Å². The summed E-state index contributed by atoms with van der Waals surface area (Å²) in [6.45, 7) is 4.10. The van der Waals surface area contributed by atoms with Crippen LogP contribution in [-0.4, -0.2) is 4.98 Å². The smallest absolute Gasteiger partial charge is 0.0727 e. The van der Waals surface area contributed by atoms with Crippen molar-refractivity contribution in [1.82, 2.24) is 10.4 Å². The molecule has 0 aliphatic carbocycles. The third-order valence-electron chi connectivity index (χ3n) is 2.94. The van der Waals surface area contributed by atoms with Crippen molar-refractivity contribution < 1.29 is 0 Å². The lowest BCUT2D eigenvalue weighted by Crippen LogP contribution is -2.29. The Morgan fingerprint density at radius 3 is 2.61 bits per heavy atom. The Hall–Kier alpha value is -1.23. The molecule has 0 aliphatic heterocycles. The molecule has 2 aromatic rings. The normalized spacial score (nSPS) is 12.4. The molecule has 0 amide bonds. The second kappa shape index (κ2) is 5.61. The summed E-state index contributed by atoms with van der Waals surface area (Å²) in [5.74, 6) is 5.70. The Balaban J connectivity index is 2.45. The number of nitrogens with one attached hydrogen (secondary N) is 1. The molecule has 0 aliphatic rings. The number of benzene rings is 1. The van der Waals surface area contributed by atoms with Crippen LogP contribution in [0.4, 0.5) is 0 Å². The number of pyridine rings is 1. The van der Waals surface area contributed by atoms with Gasteiger partial charge in [0.15, 0.2) is 0 Å². The first-order valence-corrected chi connectivity index (χ1v) is 6.55. The molecule has 1 aromatic carbocycles. The van der Waals surface area contributed by atoms with Crippen molar-refractivity contribution in [3.05, 3.63) is 63.4 Å². The molecule has 4 heteroatoms. The summed E-state index contributed by atoms with van der Waals surface area (Å²) >= 11 is 3.47. The number of aryl methyl sites for hydroxylation is 2. The van der Waals surface area contributed by atoms with Crippen LogP contribution in [0.3, 0.4) is 0 Å². The van der Waals surface area contributed by atoms with Crippen LogP contribution in [0.15, 0.2) is 41.1 Å². The Labute approximate surface area is 116 Å². The Morgan fingerprint density at radius 1 is 1.22 bits per heavy atom. The van der Waals surface area contributed by atoms with E-state index in [1.807, 2.05) is 25.4 Å². The number of nitrogens with two attached hydrogens (primary N) is 1. The summed E-state index contributed by atoms with van der Waals surface area (Å²) in [7, 11) is 0. The number of aromatic nitrogens is 1. The van der Waals surface area contributed by atoms with Crippen LogP contribution in [-0.2, 0) is 0 Å². The second-order valence-electron chi connectivity index (χ2n) is 4.40. The Morgan fingerprint density at radius 2 is 2.00 bits per heavy atom. The van der Waals surface area contributed by atoms with E-state index in [9.17, 15) is 0 Å². The van der Waals surface area contributed by atoms with Gasteiger partial charge in [-0.25, -0.2) is 5.43 Å². The van der Waals surface area contributed by atoms with E-state index in [4.69, 9.17) is 5.84 Å². The van der Waals surface area contributed by atoms with Crippen LogP contribution in [0.5, 0.6) is 0 Å². The van der Waals surface area contributed by atoms with Gasteiger partial charge in [0, 0.05) is 16.9 Å². The maximum Gasteiger partial charge on any atom is 0.0727 e. The van der Waals surface area contributed by atoms with Crippen molar-refractivity contribution in [3.63, 3.8) is 0 Å². The van der Waals surface area contributed by atoms with Gasteiger partial charge < -0.3 is 0 Å². The van der Waals surface area contributed by atoms with Crippen LogP contribution in [0.1, 0.15) is 28.3 Å². The third-order valence-corrected chi connectivity index (χ3v) is 3.43. The van der Waals surface area contributed by atoms with Crippen LogP contribution in [0.25, 0.3) is 0 Å². The fourth-order valence-electron chi connectivity index (χ4n) is 2.06. The summed E-state index contributed by atoms with van der Waals surface area (Å²) in [6, 6.07) is 8.25. The van der Waals surface area contributed by atoms with Gasteiger partial charge >= 0.3 is 0 Å². The second-order valence-corrected chi connectivity index (χ2v) is 5.31. The number of halogens is 1. The molecule has 3 nitrogen and oxygen atoms in total. The van der Waals surface area contributed by atoms with Crippen molar-refractivity contribution in [1.29, 1.82) is 0 Å². The summed E-state index contributed by atoms with van der Waals surface area (Å²) in [6.07, 6.45) is 3.69. The molecule has 0 spiro atoms. The number of nitrogens with zero attached hydrogens (tertiary/aromatic N) is 1. The van der Waals surface area contributed by atoms with E-state index in [0.29, 0.717) is 0 Å². The molecule has 1 aromatic heterocycles. The Bertz CT molecular complexity index is 554. The first kappa shape index (κ1) is 13.2. The van der Waals surface area contributed by atoms with Crippen LogP contribution in [0.2, 0.25) is 0 Å². The van der Waals surface area contributed by atoms with Gasteiger partial charge in [-0.3, -0.25) is 10.8 Å². The van der Waals surface area contributed by atoms with E-state index in [-0.39, 0.29) is 6.04 Å². The number of hydrazine groups is 1. The molecule has 0 saturated carbocycles. The maximum atomic E-state index is 5.70. The molecule has 94 valence electrons. The lowest BCUT2D eigenvalue weighted by atomic mass is 9.96. The highest BCUT2D eigenvalue weighted by Crippen LogP contribution is 2.26. The molecule has 0 radical (unpaired) electrons. The minimum absolute atomic E-state index is 0.0366. The molecule has 1 unspecified atom stereocenters. The van der Waals surface area contributed by atoms with Gasteiger partial charge in [-0.1, -0.05) is 28.1 Å². The zero-order valence-electron chi connectivity index (χ0n) is 10.4. The molecule has 0 fully saturated rings. The fourth-order valence-corrected chi connectivity index (χ4v) is 2.54. The third kappa shape index (κ3) is 2.77. The predicted molar refractivity (Wildman–Crippen MR) is 77.0 cm³/mol. The van der Waals surface area contributed by atoms with E-state index in [1.165, 1.54) is 5.56 Å². The average Bonchev–Trinajstić information content (AvgIpc) is 2.33. The minimum atomic E-state index is -0.0366. The first-order valence-electron chi connectivity index (χ1n) is 5.75. The first-order chi connectivity index (χ1) is 8.61. The largest absolute Gasteiger partial charge is 0.271 e. The SMILES string of the molecule is Cc1cncc(C(NN)c2ccc(Br)cc2C)c1. The highest BCUT2D eigenvalue weighted by molar-refractivity contribution is 9.10. The standard InChI is InChI=1S/C14H16BrN3/c1-9-5-11(8-17-7-9)14(18-16)13-4-3-12(15)6-10(13)2/h3-8,14,18H,16H2,1-2H3. The molecule has 1 atom stereocenters. The van der Waals surface area contributed by atoms with Crippen molar-refractivity contribution in [2.75, 3.05) is 0 Å². The summed E-state index contributed by atoms with van der Waals surface area (Å²) in [5.41, 5.74) is 7.42. The predicted octanol–water partition coefficient (Wildman–Crippen LogP) is 3.01. The fraction of sp³-hybridized carbons (Fsp3) is 0.214. The molecule has 3 N–H and O–H groups in total. The van der Waals surface area contributed by atoms with Gasteiger partial charge in [-0.2, -0.15) is 0 Å². The molecule has 18 heavy (non-hydrogen) atoms. The van der Waals surface area contributed by atoms with Crippen molar-refractivity contribution in [2.24, 2.45) is 5.84 Å². The molecule has 2 rings (SSSR count). The zero-order valence-corrected chi connectivity index (χ0v) is 12.0. The maximum absolute atomic E-state index is 5.70. The summed E-state index contributed by atoms with van der Waals surface area (Å²) in [4.78, 5) is 4.22. The topological polar surface area (TPSA) is 50.9 Å². The lowest BCUT2D eigenvalue weighted by molar-refractivity contribution is 0.631. The average molecular weight is 306 g/mol. The van der Waals surface area contributed by atoms with E-state index in [1.54, 1.807) is 0 Å². The molecule has 0 saturated heterocycles. The Kier molecular flexibility index (Phi) is 4.11. The van der Waals surface area contributed by atoms with Gasteiger partial charge in [0.05, 0.1) is 6.04 Å². The van der Waals surface area contributed by atoms with Gasteiger partial charge in [-0.05, 0) is 48.2 Å². The molecular weight excluding hydrogens is 290 g/mol. The molecule has 0 bridgehead atoms. The zero-order chi connectivity index (χ0) is 13.1. The van der Waals surface area contributed by atoms with E-state index < -0.39 is 0 Å². The van der Waals surface area contributed by atoms with E-state index >= 15 is 0 Å². The van der Waals surface area contributed by atoms with Crippen LogP contribution in [0, 0.1) is 13.8 Å². The highest BCUT2D eigenvalue weighted by atomic mass is 79.9. The summed E-state index contributed by atoms with van der Waals surface area (Å²) < 4.78 is 1.07. The van der Waals surface area contributed by atoms with E-state index in [0.717, 1.165) is 21.2 Å². The monoisotopic (exact) mass is 305 g/mol. The molecular formula is C14H16BrN3. The lowest BCUT2D eigenvalue weighted by Gasteiger charge is -2.19. The number of hydrogen-bond donors (Lipinski definition) is 2. The van der Waals surface area contributed by atoms with Crippen LogP contribution < -0.4 is 11.3 Å². The quantitative estimate of drug-likeness (QED) is 0.677. The van der Waals surface area contributed by atoms with Gasteiger partial charge in [0.25, 0.3) is 0 Å². The van der Waals surface area contributed by atoms with Crippen molar-refractivity contribution in [2.45, 2.75) is 19.9 Å². The van der Waals surface area contributed by atoms with Gasteiger partial charge in [-0.15, -0.1) is 0 Å². The van der Waals surface area contributed by atoms with Crippen molar-refractivity contribution in [3.8, 4) is 0 Å². The summed E-state index contributed by atoms with van der Waals surface area (Å²) in [5, 5.41) is 0. The van der Waals surface area contributed by atoms with Crippen LogP contribution >= 0.6 is 15.9 Å². The number of rotatable bonds is 3. The minimum Gasteiger partial charge on any atom is -0.271 e. The molecule has 1 heterocycles. The highest BCUT2D eigenvalue weighted by Gasteiger charge is 2.15. The van der Waals surface area contributed by atoms with E-state index in [2.05, 4.69) is 51.5 Å². The van der Waals surface area contributed by atoms with Crippen molar-refractivity contribution >= 4 is 15.9 Å². The number of hydrogen-bond acceptors (Lipinski definition) is 3.